The highest BCUT2D eigenvalue weighted by molar-refractivity contribution is 7.85. The molecule has 2 N–H and O–H groups in total. The van der Waals surface area contributed by atoms with Gasteiger partial charge in [-0.1, -0.05) is 0 Å². The highest BCUT2D eigenvalue weighted by Gasteiger charge is 2.15. The van der Waals surface area contributed by atoms with Gasteiger partial charge in [-0.25, -0.2) is 0 Å². The van der Waals surface area contributed by atoms with E-state index in [2.05, 4.69) is 0 Å². The van der Waals surface area contributed by atoms with Crippen molar-refractivity contribution in [3.8, 4) is 0 Å². The van der Waals surface area contributed by atoms with Gasteiger partial charge in [-0.3, -0.25) is 4.55 Å². The molecule has 0 amide bonds. The molecule has 0 aromatic heterocycles. The van der Waals surface area contributed by atoms with Crippen LogP contribution in [0.1, 0.15) is 26.7 Å². The fourth-order valence-electron chi connectivity index (χ4n) is 1.40. The maximum absolute atomic E-state index is 10.7. The van der Waals surface area contributed by atoms with Crippen molar-refractivity contribution in [2.24, 2.45) is 0 Å². The molecule has 0 aliphatic rings. The van der Waals surface area contributed by atoms with Crippen LogP contribution in [0.15, 0.2) is 0 Å². The zero-order valence-electron chi connectivity index (χ0n) is 12.3. The molecule has 7 nitrogen and oxygen atoms in total. The van der Waals surface area contributed by atoms with E-state index in [9.17, 15) is 8.42 Å². The molecule has 0 bridgehead atoms. The van der Waals surface area contributed by atoms with Gasteiger partial charge >= 0.3 is 0 Å². The minimum atomic E-state index is -4.01. The van der Waals surface area contributed by atoms with Gasteiger partial charge in [0.15, 0.2) is 0 Å². The van der Waals surface area contributed by atoms with Gasteiger partial charge in [-0.15, -0.1) is 0 Å². The summed E-state index contributed by atoms with van der Waals surface area (Å²) in [5, 5.41) is 9.17. The second-order valence-corrected chi connectivity index (χ2v) is 6.36. The van der Waals surface area contributed by atoms with E-state index in [-0.39, 0.29) is 31.0 Å². The fourth-order valence-corrected chi connectivity index (χ4v) is 1.96. The molecule has 3 unspecified atom stereocenters. The van der Waals surface area contributed by atoms with Gasteiger partial charge in [-0.2, -0.15) is 8.42 Å². The minimum Gasteiger partial charge on any atom is -0.391 e. The molecular formula is C12H26O7S. The van der Waals surface area contributed by atoms with Crippen LogP contribution in [0.3, 0.4) is 0 Å². The number of ether oxygens (including phenoxy) is 3. The first kappa shape index (κ1) is 19.8. The molecule has 0 saturated carbocycles. The van der Waals surface area contributed by atoms with Crippen molar-refractivity contribution >= 4 is 10.1 Å². The summed E-state index contributed by atoms with van der Waals surface area (Å²) >= 11 is 0. The van der Waals surface area contributed by atoms with Crippen LogP contribution < -0.4 is 0 Å². The maximum Gasteiger partial charge on any atom is 0.264 e. The van der Waals surface area contributed by atoms with Gasteiger partial charge in [0.1, 0.15) is 0 Å². The molecular weight excluding hydrogens is 288 g/mol. The predicted molar refractivity (Wildman–Crippen MR) is 74.4 cm³/mol. The SMILES string of the molecule is COC(C)COCCC(CCS(=O)(=O)O)OCC(C)O. The Morgan fingerprint density at radius 3 is 2.30 bits per heavy atom. The third-order valence-corrected chi connectivity index (χ3v) is 3.36. The molecule has 8 heteroatoms. The first-order valence-corrected chi connectivity index (χ1v) is 8.21. The summed E-state index contributed by atoms with van der Waals surface area (Å²) in [5.41, 5.74) is 0. The minimum absolute atomic E-state index is 0.00958. The van der Waals surface area contributed by atoms with E-state index in [0.717, 1.165) is 0 Å². The van der Waals surface area contributed by atoms with Gasteiger partial charge in [0, 0.05) is 13.7 Å². The molecule has 0 rings (SSSR count). The molecule has 0 aromatic carbocycles. The number of hydrogen-bond donors (Lipinski definition) is 2. The molecule has 0 aliphatic carbocycles. The Labute approximate surface area is 121 Å². The first-order chi connectivity index (χ1) is 9.24. The first-order valence-electron chi connectivity index (χ1n) is 6.60. The summed E-state index contributed by atoms with van der Waals surface area (Å²) in [6.45, 7) is 4.41. The Hall–Kier alpha value is -0.250. The predicted octanol–water partition coefficient (Wildman–Crippen LogP) is 0.472. The van der Waals surface area contributed by atoms with E-state index in [1.54, 1.807) is 14.0 Å². The lowest BCUT2D eigenvalue weighted by Gasteiger charge is -2.19. The van der Waals surface area contributed by atoms with E-state index >= 15 is 0 Å². The summed E-state index contributed by atoms with van der Waals surface area (Å²) in [7, 11) is -2.42. The molecule has 0 heterocycles. The van der Waals surface area contributed by atoms with Crippen LogP contribution in [0.5, 0.6) is 0 Å². The van der Waals surface area contributed by atoms with E-state index < -0.39 is 16.2 Å². The Kier molecular flexibility index (Phi) is 10.3. The van der Waals surface area contributed by atoms with Crippen LogP contribution in [0.4, 0.5) is 0 Å². The topological polar surface area (TPSA) is 102 Å². The molecule has 0 fully saturated rings. The standard InChI is InChI=1S/C12H26O7S/c1-10(13)8-19-12(5-7-20(14,15)16)4-6-18-9-11(2)17-3/h10-13H,4-9H2,1-3H3,(H,14,15,16). The average Bonchev–Trinajstić information content (AvgIpc) is 2.34. The van der Waals surface area contributed by atoms with Crippen LogP contribution in [-0.4, -0.2) is 69.1 Å². The second kappa shape index (κ2) is 10.5. The van der Waals surface area contributed by atoms with Crippen molar-refractivity contribution in [2.75, 3.05) is 32.7 Å². The van der Waals surface area contributed by atoms with Crippen LogP contribution in [0.25, 0.3) is 0 Å². The van der Waals surface area contributed by atoms with E-state index in [0.29, 0.717) is 19.6 Å². The van der Waals surface area contributed by atoms with E-state index in [1.807, 2.05) is 6.92 Å². The van der Waals surface area contributed by atoms with Crippen molar-refractivity contribution in [1.29, 1.82) is 0 Å². The van der Waals surface area contributed by atoms with Crippen molar-refractivity contribution in [2.45, 2.75) is 45.0 Å². The Morgan fingerprint density at radius 1 is 1.15 bits per heavy atom. The summed E-state index contributed by atoms with van der Waals surface area (Å²) in [6.07, 6.45) is -0.375. The lowest BCUT2D eigenvalue weighted by Crippen LogP contribution is -2.24. The summed E-state index contributed by atoms with van der Waals surface area (Å²) in [5.74, 6) is -0.369. The van der Waals surface area contributed by atoms with Crippen LogP contribution >= 0.6 is 0 Å². The molecule has 0 aliphatic heterocycles. The molecule has 0 saturated heterocycles. The normalized spacial score (nSPS) is 16.9. The van der Waals surface area contributed by atoms with Gasteiger partial charge in [0.05, 0.1) is 37.3 Å². The number of rotatable bonds is 12. The number of hydrogen-bond acceptors (Lipinski definition) is 6. The molecule has 122 valence electrons. The van der Waals surface area contributed by atoms with Crippen molar-refractivity contribution in [3.05, 3.63) is 0 Å². The van der Waals surface area contributed by atoms with Crippen LogP contribution in [-0.2, 0) is 24.3 Å². The molecule has 0 spiro atoms. The maximum atomic E-state index is 10.7. The summed E-state index contributed by atoms with van der Waals surface area (Å²) in [6, 6.07) is 0. The zero-order valence-corrected chi connectivity index (χ0v) is 13.1. The summed E-state index contributed by atoms with van der Waals surface area (Å²) < 4.78 is 46.0. The lowest BCUT2D eigenvalue weighted by atomic mass is 10.2. The largest absolute Gasteiger partial charge is 0.391 e. The van der Waals surface area contributed by atoms with Crippen molar-refractivity contribution in [3.63, 3.8) is 0 Å². The molecule has 20 heavy (non-hydrogen) atoms. The van der Waals surface area contributed by atoms with Crippen LogP contribution in [0.2, 0.25) is 0 Å². The third kappa shape index (κ3) is 12.8. The Bertz CT molecular complexity index is 329. The van der Waals surface area contributed by atoms with E-state index in [1.165, 1.54) is 0 Å². The molecule has 0 radical (unpaired) electrons. The van der Waals surface area contributed by atoms with Gasteiger partial charge in [0.2, 0.25) is 0 Å². The number of methoxy groups -OCH3 is 1. The zero-order chi connectivity index (χ0) is 15.6. The number of aliphatic hydroxyl groups excluding tert-OH is 1. The van der Waals surface area contributed by atoms with Gasteiger partial charge in [-0.05, 0) is 26.7 Å². The van der Waals surface area contributed by atoms with Gasteiger partial charge in [0.25, 0.3) is 10.1 Å². The Balaban J connectivity index is 4.04. The van der Waals surface area contributed by atoms with E-state index in [4.69, 9.17) is 23.9 Å². The van der Waals surface area contributed by atoms with Crippen molar-refractivity contribution < 1.29 is 32.3 Å². The fraction of sp³-hybridized carbons (Fsp3) is 1.00. The quantitative estimate of drug-likeness (QED) is 0.399. The lowest BCUT2D eigenvalue weighted by molar-refractivity contribution is -0.0306. The molecule has 0 aromatic rings. The third-order valence-electron chi connectivity index (χ3n) is 2.61. The highest BCUT2D eigenvalue weighted by atomic mass is 32.2. The van der Waals surface area contributed by atoms with Gasteiger partial charge < -0.3 is 19.3 Å². The summed E-state index contributed by atoms with van der Waals surface area (Å²) in [4.78, 5) is 0. The monoisotopic (exact) mass is 314 g/mol. The van der Waals surface area contributed by atoms with Crippen LogP contribution in [0, 0.1) is 0 Å². The average molecular weight is 314 g/mol. The molecule has 3 atom stereocenters. The second-order valence-electron chi connectivity index (χ2n) is 4.79. The highest BCUT2D eigenvalue weighted by Crippen LogP contribution is 2.08. The Morgan fingerprint density at radius 2 is 1.80 bits per heavy atom. The van der Waals surface area contributed by atoms with Crippen molar-refractivity contribution in [1.82, 2.24) is 0 Å². The number of aliphatic hydroxyl groups is 1. The smallest absolute Gasteiger partial charge is 0.264 e.